The Morgan fingerprint density at radius 2 is 1.95 bits per heavy atom. The van der Waals surface area contributed by atoms with Gasteiger partial charge in [-0.2, -0.15) is 0 Å². The third-order valence-electron chi connectivity index (χ3n) is 4.65. The average molecular weight is 294 g/mol. The second-order valence-corrected chi connectivity index (χ2v) is 6.51. The third-order valence-corrected chi connectivity index (χ3v) is 4.65. The van der Waals surface area contributed by atoms with Crippen molar-refractivity contribution >= 4 is 5.69 Å². The van der Waals surface area contributed by atoms with E-state index >= 15 is 0 Å². The summed E-state index contributed by atoms with van der Waals surface area (Å²) in [6.45, 7) is 4.77. The minimum Gasteiger partial charge on any atom is -0.365 e. The lowest BCUT2D eigenvalue weighted by Gasteiger charge is -2.35. The summed E-state index contributed by atoms with van der Waals surface area (Å²) < 4.78 is 27.3. The highest BCUT2D eigenvalue weighted by atomic mass is 19.3. The summed E-state index contributed by atoms with van der Waals surface area (Å²) in [4.78, 5) is 1.86. The quantitative estimate of drug-likeness (QED) is 0.895. The first-order valence-electron chi connectivity index (χ1n) is 7.99. The molecule has 0 bridgehead atoms. The number of halogens is 2. The van der Waals surface area contributed by atoms with Crippen molar-refractivity contribution in [2.75, 3.05) is 31.1 Å². The standard InChI is InChI=1S/C17H24F2N2/c1-13-9-15(14-3-6-20-7-4-14)11-16(10-13)21-8-2-5-17(18,19)12-21/h9-11,14,20H,2-8,12H2,1H3. The van der Waals surface area contributed by atoms with Crippen LogP contribution in [0.15, 0.2) is 18.2 Å². The molecule has 1 aromatic carbocycles. The van der Waals surface area contributed by atoms with E-state index in [4.69, 9.17) is 0 Å². The average Bonchev–Trinajstić information content (AvgIpc) is 2.46. The predicted molar refractivity (Wildman–Crippen MR) is 82.4 cm³/mol. The van der Waals surface area contributed by atoms with Crippen molar-refractivity contribution in [3.05, 3.63) is 29.3 Å². The molecule has 21 heavy (non-hydrogen) atoms. The van der Waals surface area contributed by atoms with Gasteiger partial charge in [0.1, 0.15) is 0 Å². The number of rotatable bonds is 2. The molecule has 0 saturated carbocycles. The van der Waals surface area contributed by atoms with E-state index in [1.807, 2.05) is 11.0 Å². The molecule has 1 aromatic rings. The maximum Gasteiger partial charge on any atom is 0.265 e. The molecule has 0 aromatic heterocycles. The third kappa shape index (κ3) is 3.54. The van der Waals surface area contributed by atoms with Gasteiger partial charge >= 0.3 is 0 Å². The molecule has 2 heterocycles. The lowest BCUT2D eigenvalue weighted by atomic mass is 9.89. The molecule has 2 fully saturated rings. The summed E-state index contributed by atoms with van der Waals surface area (Å²) in [5, 5.41) is 3.38. The van der Waals surface area contributed by atoms with E-state index in [-0.39, 0.29) is 13.0 Å². The molecule has 0 radical (unpaired) electrons. The first-order valence-corrected chi connectivity index (χ1v) is 7.99. The van der Waals surface area contributed by atoms with E-state index in [1.165, 1.54) is 11.1 Å². The molecule has 0 unspecified atom stereocenters. The molecule has 4 heteroatoms. The summed E-state index contributed by atoms with van der Waals surface area (Å²) in [5.74, 6) is -1.98. The summed E-state index contributed by atoms with van der Waals surface area (Å²) >= 11 is 0. The minimum absolute atomic E-state index is 0.0243. The van der Waals surface area contributed by atoms with E-state index in [1.54, 1.807) is 0 Å². The second-order valence-electron chi connectivity index (χ2n) is 6.51. The topological polar surface area (TPSA) is 15.3 Å². The van der Waals surface area contributed by atoms with Crippen LogP contribution in [0.5, 0.6) is 0 Å². The fourth-order valence-electron chi connectivity index (χ4n) is 3.55. The number of anilines is 1. The summed E-state index contributed by atoms with van der Waals surface area (Å²) in [6.07, 6.45) is 2.87. The zero-order chi connectivity index (χ0) is 14.9. The van der Waals surface area contributed by atoms with E-state index in [9.17, 15) is 8.78 Å². The molecule has 0 amide bonds. The Bertz CT molecular complexity index is 496. The van der Waals surface area contributed by atoms with Gasteiger partial charge in [-0.1, -0.05) is 6.07 Å². The Morgan fingerprint density at radius 3 is 2.67 bits per heavy atom. The van der Waals surface area contributed by atoms with Crippen molar-refractivity contribution in [2.45, 2.75) is 44.4 Å². The van der Waals surface area contributed by atoms with E-state index in [0.29, 0.717) is 12.3 Å². The van der Waals surface area contributed by atoms with Gasteiger partial charge in [-0.25, -0.2) is 8.78 Å². The molecule has 2 saturated heterocycles. The normalized spacial score (nSPS) is 23.3. The number of hydrogen-bond acceptors (Lipinski definition) is 2. The maximum atomic E-state index is 13.6. The number of nitrogens with zero attached hydrogens (tertiary/aromatic N) is 1. The molecular formula is C17H24F2N2. The van der Waals surface area contributed by atoms with Crippen LogP contribution >= 0.6 is 0 Å². The van der Waals surface area contributed by atoms with Crippen molar-refractivity contribution in [3.63, 3.8) is 0 Å². The van der Waals surface area contributed by atoms with Gasteiger partial charge < -0.3 is 10.2 Å². The number of aryl methyl sites for hydroxylation is 1. The molecule has 2 aliphatic rings. The lowest BCUT2D eigenvalue weighted by molar-refractivity contribution is -0.0116. The van der Waals surface area contributed by atoms with Crippen molar-refractivity contribution in [2.24, 2.45) is 0 Å². The van der Waals surface area contributed by atoms with Gasteiger partial charge in [0.25, 0.3) is 5.92 Å². The number of piperidine rings is 2. The van der Waals surface area contributed by atoms with Gasteiger partial charge in [0.05, 0.1) is 6.54 Å². The van der Waals surface area contributed by atoms with Crippen LogP contribution < -0.4 is 10.2 Å². The Hall–Kier alpha value is -1.16. The number of benzene rings is 1. The molecule has 2 nitrogen and oxygen atoms in total. The van der Waals surface area contributed by atoms with Crippen molar-refractivity contribution in [1.82, 2.24) is 5.32 Å². The molecule has 3 rings (SSSR count). The van der Waals surface area contributed by atoms with Gasteiger partial charge in [-0.3, -0.25) is 0 Å². The molecule has 2 aliphatic heterocycles. The minimum atomic E-state index is -2.54. The van der Waals surface area contributed by atoms with Crippen molar-refractivity contribution < 1.29 is 8.78 Å². The van der Waals surface area contributed by atoms with Crippen molar-refractivity contribution in [1.29, 1.82) is 0 Å². The Labute approximate surface area is 125 Å². The number of hydrogen-bond donors (Lipinski definition) is 1. The highest BCUT2D eigenvalue weighted by Crippen LogP contribution is 2.33. The fraction of sp³-hybridized carbons (Fsp3) is 0.647. The molecule has 0 aliphatic carbocycles. The molecule has 116 valence electrons. The van der Waals surface area contributed by atoms with Crippen LogP contribution in [0, 0.1) is 6.92 Å². The van der Waals surface area contributed by atoms with Crippen LogP contribution in [0.3, 0.4) is 0 Å². The first kappa shape index (κ1) is 14.8. The Balaban J connectivity index is 1.83. The largest absolute Gasteiger partial charge is 0.365 e. The SMILES string of the molecule is Cc1cc(C2CCNCC2)cc(N2CCCC(F)(F)C2)c1. The smallest absolute Gasteiger partial charge is 0.265 e. The molecular weight excluding hydrogens is 270 g/mol. The summed E-state index contributed by atoms with van der Waals surface area (Å²) in [7, 11) is 0. The summed E-state index contributed by atoms with van der Waals surface area (Å²) in [6, 6.07) is 6.41. The monoisotopic (exact) mass is 294 g/mol. The number of alkyl halides is 2. The summed E-state index contributed by atoms with van der Waals surface area (Å²) in [5.41, 5.74) is 3.47. The van der Waals surface area contributed by atoms with E-state index < -0.39 is 5.92 Å². The lowest BCUT2D eigenvalue weighted by Crippen LogP contribution is -2.42. The highest BCUT2D eigenvalue weighted by Gasteiger charge is 2.35. The number of nitrogens with one attached hydrogen (secondary N) is 1. The van der Waals surface area contributed by atoms with Gasteiger partial charge in [0.15, 0.2) is 0 Å². The van der Waals surface area contributed by atoms with Crippen molar-refractivity contribution in [3.8, 4) is 0 Å². The van der Waals surface area contributed by atoms with Gasteiger partial charge in [-0.15, -0.1) is 0 Å². The van der Waals surface area contributed by atoms with Crippen LogP contribution in [0.1, 0.15) is 42.7 Å². The van der Waals surface area contributed by atoms with E-state index in [0.717, 1.165) is 38.2 Å². The van der Waals surface area contributed by atoms with Crippen LogP contribution in [0.4, 0.5) is 14.5 Å². The van der Waals surface area contributed by atoms with Crippen LogP contribution in [0.25, 0.3) is 0 Å². The zero-order valence-corrected chi connectivity index (χ0v) is 12.7. The van der Waals surface area contributed by atoms with E-state index in [2.05, 4.69) is 24.4 Å². The fourth-order valence-corrected chi connectivity index (χ4v) is 3.55. The maximum absolute atomic E-state index is 13.6. The van der Waals surface area contributed by atoms with Crippen LogP contribution in [-0.2, 0) is 0 Å². The Morgan fingerprint density at radius 1 is 1.19 bits per heavy atom. The molecule has 1 N–H and O–H groups in total. The molecule has 0 atom stereocenters. The highest BCUT2D eigenvalue weighted by molar-refractivity contribution is 5.52. The van der Waals surface area contributed by atoms with Crippen LogP contribution in [0.2, 0.25) is 0 Å². The predicted octanol–water partition coefficient (Wildman–Crippen LogP) is 3.70. The zero-order valence-electron chi connectivity index (χ0n) is 12.7. The van der Waals surface area contributed by atoms with Crippen LogP contribution in [-0.4, -0.2) is 32.1 Å². The second kappa shape index (κ2) is 5.91. The van der Waals surface area contributed by atoms with Gasteiger partial charge in [0, 0.05) is 18.7 Å². The Kier molecular flexibility index (Phi) is 4.16. The van der Waals surface area contributed by atoms with Gasteiger partial charge in [0.2, 0.25) is 0 Å². The first-order chi connectivity index (χ1) is 10.0. The van der Waals surface area contributed by atoms with Gasteiger partial charge in [-0.05, 0) is 68.5 Å². The molecule has 0 spiro atoms.